The van der Waals surface area contributed by atoms with E-state index in [9.17, 15) is 0 Å². The van der Waals surface area contributed by atoms with E-state index in [0.29, 0.717) is 0 Å². The van der Waals surface area contributed by atoms with Crippen LogP contribution < -0.4 is 30.2 Å². The van der Waals surface area contributed by atoms with Crippen LogP contribution in [-0.4, -0.2) is 11.3 Å². The van der Waals surface area contributed by atoms with Gasteiger partial charge in [0, 0.05) is 60.9 Å². The number of rotatable bonds is 4. The molecule has 0 unspecified atom stereocenters. The highest BCUT2D eigenvalue weighted by atomic mass is 32.1. The SMILES string of the molecule is Cc1ccc(N(c2ccc(C)cc2)c2cc3c(c4c2c2ccccc2n4C)Oc2cc(C)cc4c2B3c2sc3ccc(C(C)(C)C)cc3c2N4c2ccc(C(C)(C)C)cc2)cc1. The van der Waals surface area contributed by atoms with Crippen molar-refractivity contribution in [3.8, 4) is 11.5 Å². The first-order chi connectivity index (χ1) is 29.7. The second-order valence-corrected chi connectivity index (χ2v) is 20.8. The van der Waals surface area contributed by atoms with E-state index in [0.717, 1.165) is 39.8 Å². The van der Waals surface area contributed by atoms with Crippen molar-refractivity contribution in [2.45, 2.75) is 73.1 Å². The fourth-order valence-corrected chi connectivity index (χ4v) is 11.3. The van der Waals surface area contributed by atoms with Gasteiger partial charge >= 0.3 is 0 Å². The quantitative estimate of drug-likeness (QED) is 0.165. The van der Waals surface area contributed by atoms with Crippen molar-refractivity contribution < 1.29 is 4.74 Å². The molecule has 7 aromatic carbocycles. The van der Waals surface area contributed by atoms with Crippen LogP contribution in [0, 0.1) is 20.8 Å². The van der Waals surface area contributed by atoms with Crippen molar-refractivity contribution in [3.05, 3.63) is 161 Å². The predicted molar refractivity (Wildman–Crippen MR) is 268 cm³/mol. The highest BCUT2D eigenvalue weighted by molar-refractivity contribution is 7.33. The van der Waals surface area contributed by atoms with E-state index >= 15 is 0 Å². The third kappa shape index (κ3) is 5.86. The predicted octanol–water partition coefficient (Wildman–Crippen LogP) is 13.9. The first-order valence-corrected chi connectivity index (χ1v) is 22.7. The summed E-state index contributed by atoms with van der Waals surface area (Å²) in [5.41, 5.74) is 18.0. The van der Waals surface area contributed by atoms with E-state index in [1.807, 2.05) is 11.3 Å². The van der Waals surface area contributed by atoms with Gasteiger partial charge in [-0.05, 0) is 132 Å². The van der Waals surface area contributed by atoms with Crippen LogP contribution in [-0.2, 0) is 17.9 Å². The molecule has 0 fully saturated rings. The number of fused-ring (bicyclic) bond motifs is 10. The van der Waals surface area contributed by atoms with Gasteiger partial charge in [0.1, 0.15) is 11.5 Å². The van der Waals surface area contributed by atoms with Gasteiger partial charge in [-0.15, -0.1) is 11.3 Å². The first kappa shape index (κ1) is 38.7. The largest absolute Gasteiger partial charge is 0.456 e. The molecule has 2 aliphatic rings. The normalized spacial score (nSPS) is 13.4. The van der Waals surface area contributed by atoms with Crippen LogP contribution in [0.1, 0.15) is 69.4 Å². The average Bonchev–Trinajstić information content (AvgIpc) is 3.77. The van der Waals surface area contributed by atoms with Gasteiger partial charge in [0.25, 0.3) is 6.71 Å². The van der Waals surface area contributed by atoms with Crippen molar-refractivity contribution in [3.63, 3.8) is 0 Å². The lowest BCUT2D eigenvalue weighted by Gasteiger charge is -2.40. The molecule has 0 aliphatic carbocycles. The first-order valence-electron chi connectivity index (χ1n) is 21.9. The molecule has 0 bridgehead atoms. The van der Waals surface area contributed by atoms with Crippen LogP contribution in [0.15, 0.2) is 133 Å². The van der Waals surface area contributed by atoms with E-state index in [2.05, 4.69) is 217 Å². The second-order valence-electron chi connectivity index (χ2n) is 19.8. The molecule has 6 heteroatoms. The van der Waals surface area contributed by atoms with Crippen LogP contribution >= 0.6 is 11.3 Å². The number of benzene rings is 7. The molecule has 0 saturated carbocycles. The number of aryl methyl sites for hydroxylation is 4. The Hall–Kier alpha value is -6.24. The molecule has 9 aromatic rings. The number of aromatic nitrogens is 1. The van der Waals surface area contributed by atoms with Gasteiger partial charge < -0.3 is 19.1 Å². The van der Waals surface area contributed by atoms with Crippen LogP contribution in [0.2, 0.25) is 0 Å². The summed E-state index contributed by atoms with van der Waals surface area (Å²) < 4.78 is 12.5. The summed E-state index contributed by atoms with van der Waals surface area (Å²) in [6.07, 6.45) is 0. The highest BCUT2D eigenvalue weighted by Gasteiger charge is 2.46. The van der Waals surface area contributed by atoms with Gasteiger partial charge in [-0.1, -0.05) is 113 Å². The molecule has 2 aromatic heterocycles. The van der Waals surface area contributed by atoms with Gasteiger partial charge in [-0.2, -0.15) is 0 Å². The van der Waals surface area contributed by atoms with E-state index in [1.165, 1.54) is 81.3 Å². The number of hydrogen-bond donors (Lipinski definition) is 0. The molecule has 0 radical (unpaired) electrons. The lowest BCUT2D eigenvalue weighted by Crippen LogP contribution is -2.58. The average molecular weight is 826 g/mol. The van der Waals surface area contributed by atoms with E-state index in [1.54, 1.807) is 0 Å². The fourth-order valence-electron chi connectivity index (χ4n) is 9.99. The molecule has 11 rings (SSSR count). The number of para-hydroxylation sites is 1. The molecule has 0 amide bonds. The molecule has 0 spiro atoms. The Bertz CT molecular complexity index is 3220. The monoisotopic (exact) mass is 825 g/mol. The van der Waals surface area contributed by atoms with Crippen molar-refractivity contribution in [2.24, 2.45) is 7.05 Å². The zero-order chi connectivity index (χ0) is 43.0. The Morgan fingerprint density at radius 2 is 1.26 bits per heavy atom. The lowest BCUT2D eigenvalue weighted by atomic mass is 9.36. The minimum Gasteiger partial charge on any atom is -0.456 e. The molecule has 0 atom stereocenters. The number of thiophene rings is 1. The number of hydrogen-bond acceptors (Lipinski definition) is 4. The van der Waals surface area contributed by atoms with Crippen molar-refractivity contribution in [1.29, 1.82) is 0 Å². The number of ether oxygens (including phenoxy) is 1. The molecule has 4 nitrogen and oxygen atoms in total. The smallest absolute Gasteiger partial charge is 0.269 e. The van der Waals surface area contributed by atoms with Gasteiger partial charge in [-0.3, -0.25) is 0 Å². The fraction of sp³-hybridized carbons (Fsp3) is 0.214. The molecule has 4 heterocycles. The summed E-state index contributed by atoms with van der Waals surface area (Å²) in [7, 11) is 2.21. The van der Waals surface area contributed by atoms with Crippen molar-refractivity contribution >= 4 is 99.8 Å². The van der Waals surface area contributed by atoms with Gasteiger partial charge in [0.05, 0.1) is 16.9 Å². The van der Waals surface area contributed by atoms with Crippen LogP contribution in [0.4, 0.5) is 34.1 Å². The Kier molecular flexibility index (Phi) is 8.50. The minimum atomic E-state index is -0.0704. The van der Waals surface area contributed by atoms with E-state index in [-0.39, 0.29) is 17.5 Å². The van der Waals surface area contributed by atoms with Gasteiger partial charge in [0.15, 0.2) is 0 Å². The number of nitrogens with zero attached hydrogens (tertiary/aromatic N) is 3. The van der Waals surface area contributed by atoms with E-state index < -0.39 is 0 Å². The summed E-state index contributed by atoms with van der Waals surface area (Å²) in [6.45, 7) is 20.3. The van der Waals surface area contributed by atoms with Crippen LogP contribution in [0.3, 0.4) is 0 Å². The maximum atomic E-state index is 7.45. The second kappa shape index (κ2) is 13.6. The summed E-state index contributed by atoms with van der Waals surface area (Å²) >= 11 is 1.94. The van der Waals surface area contributed by atoms with E-state index in [4.69, 9.17) is 4.74 Å². The third-order valence-electron chi connectivity index (χ3n) is 13.3. The molecule has 0 N–H and O–H groups in total. The molecule has 306 valence electrons. The van der Waals surface area contributed by atoms with Crippen LogP contribution in [0.5, 0.6) is 11.5 Å². The van der Waals surface area contributed by atoms with Gasteiger partial charge in [-0.25, -0.2) is 0 Å². The Morgan fingerprint density at radius 3 is 1.90 bits per heavy atom. The molecule has 2 aliphatic heterocycles. The Morgan fingerprint density at radius 1 is 0.629 bits per heavy atom. The molecule has 62 heavy (non-hydrogen) atoms. The maximum Gasteiger partial charge on any atom is 0.269 e. The van der Waals surface area contributed by atoms with Crippen molar-refractivity contribution in [2.75, 3.05) is 9.80 Å². The maximum absolute atomic E-state index is 7.45. The lowest BCUT2D eigenvalue weighted by molar-refractivity contribution is 0.490. The topological polar surface area (TPSA) is 20.6 Å². The minimum absolute atomic E-state index is 0.00569. The summed E-state index contributed by atoms with van der Waals surface area (Å²) in [6, 6.07) is 50.4. The summed E-state index contributed by atoms with van der Waals surface area (Å²) in [4.78, 5) is 5.01. The zero-order valence-corrected chi connectivity index (χ0v) is 38.3. The summed E-state index contributed by atoms with van der Waals surface area (Å²) in [5, 5.41) is 3.69. The van der Waals surface area contributed by atoms with Crippen LogP contribution in [0.25, 0.3) is 31.9 Å². The molecule has 0 saturated heterocycles. The summed E-state index contributed by atoms with van der Waals surface area (Å²) in [5.74, 6) is 1.87. The van der Waals surface area contributed by atoms with Gasteiger partial charge in [0.2, 0.25) is 0 Å². The molecular formula is C56H52BN3OS. The zero-order valence-electron chi connectivity index (χ0n) is 37.4. The Balaban J connectivity index is 1.27. The third-order valence-corrected chi connectivity index (χ3v) is 14.5. The molecular weight excluding hydrogens is 774 g/mol. The van der Waals surface area contributed by atoms with Crippen molar-refractivity contribution in [1.82, 2.24) is 4.57 Å². The highest BCUT2D eigenvalue weighted by Crippen LogP contribution is 2.51. The Labute approximate surface area is 370 Å². The standard InChI is InChI=1S/C56H52BN3OS/c1-33-15-22-38(23-16-33)59(39-24-17-34(2)18-25-39)45-32-43-53(52-49(45)41-13-11-12-14-44(41)58(52)10)61-47-30-35(3)29-46-50(47)57(43)54-51(42-31-37(56(7,8)9)21-28-48(42)62-54)60(46)40-26-19-36(20-27-40)55(4,5)6/h11-32H,1-10H3. The number of anilines is 6.